The first-order valence-corrected chi connectivity index (χ1v) is 7.55. The number of aromatic nitrogens is 4. The Balaban J connectivity index is 1.71. The third kappa shape index (κ3) is 4.26. The fourth-order valence-electron chi connectivity index (χ4n) is 2.40. The number of carbonyl (C=O) groups excluding carboxylic acids is 1. The van der Waals surface area contributed by atoms with Gasteiger partial charge in [0.2, 0.25) is 5.91 Å². The normalized spacial score (nSPS) is 11.6. The number of benzene rings is 1. The van der Waals surface area contributed by atoms with Crippen LogP contribution in [0, 0.1) is 13.8 Å². The average molecular weight is 365 g/mol. The molecule has 7 nitrogen and oxygen atoms in total. The number of hydrogen-bond acceptors (Lipinski definition) is 5. The number of halogens is 3. The zero-order valence-electron chi connectivity index (χ0n) is 13.8. The maximum absolute atomic E-state index is 12.3. The molecule has 0 aliphatic heterocycles. The van der Waals surface area contributed by atoms with Gasteiger partial charge in [-0.05, 0) is 32.0 Å². The minimum absolute atomic E-state index is 0.147. The van der Waals surface area contributed by atoms with Gasteiger partial charge in [0, 0.05) is 23.1 Å². The monoisotopic (exact) mass is 365 g/mol. The molecule has 1 aromatic carbocycles. The van der Waals surface area contributed by atoms with Gasteiger partial charge in [-0.2, -0.15) is 4.98 Å². The van der Waals surface area contributed by atoms with E-state index in [1.807, 2.05) is 19.9 Å². The second kappa shape index (κ2) is 6.62. The smallest absolute Gasteiger partial charge is 0.406 e. The van der Waals surface area contributed by atoms with Gasteiger partial charge in [0.1, 0.15) is 5.75 Å². The van der Waals surface area contributed by atoms with Crippen LogP contribution in [0.15, 0.2) is 30.3 Å². The third-order valence-corrected chi connectivity index (χ3v) is 3.33. The van der Waals surface area contributed by atoms with E-state index in [0.29, 0.717) is 5.78 Å². The zero-order valence-corrected chi connectivity index (χ0v) is 13.8. The van der Waals surface area contributed by atoms with Gasteiger partial charge in [0.25, 0.3) is 5.78 Å². The summed E-state index contributed by atoms with van der Waals surface area (Å²) in [6, 6.07) is 6.85. The third-order valence-electron chi connectivity index (χ3n) is 3.33. The van der Waals surface area contributed by atoms with Crippen LogP contribution in [-0.2, 0) is 11.2 Å². The second-order valence-corrected chi connectivity index (χ2v) is 5.58. The van der Waals surface area contributed by atoms with E-state index in [1.54, 1.807) is 0 Å². The Morgan fingerprint density at radius 3 is 2.73 bits per heavy atom. The van der Waals surface area contributed by atoms with Crippen LogP contribution in [-0.4, -0.2) is 31.9 Å². The molecule has 0 saturated heterocycles. The molecule has 0 spiro atoms. The largest absolute Gasteiger partial charge is 0.573 e. The van der Waals surface area contributed by atoms with E-state index in [-0.39, 0.29) is 17.9 Å². The highest BCUT2D eigenvalue weighted by Gasteiger charge is 2.31. The summed E-state index contributed by atoms with van der Waals surface area (Å²) in [6.07, 6.45) is -4.95. The van der Waals surface area contributed by atoms with Crippen LogP contribution in [0.1, 0.15) is 17.2 Å². The van der Waals surface area contributed by atoms with Gasteiger partial charge < -0.3 is 10.1 Å². The summed E-state index contributed by atoms with van der Waals surface area (Å²) in [6.45, 7) is 3.66. The molecule has 136 valence electrons. The minimum Gasteiger partial charge on any atom is -0.406 e. The molecule has 10 heteroatoms. The molecular weight excluding hydrogens is 351 g/mol. The van der Waals surface area contributed by atoms with Crippen molar-refractivity contribution in [3.63, 3.8) is 0 Å². The fourth-order valence-corrected chi connectivity index (χ4v) is 2.40. The maximum atomic E-state index is 12.3. The maximum Gasteiger partial charge on any atom is 0.573 e. The number of anilines is 1. The molecule has 2 aromatic heterocycles. The summed E-state index contributed by atoms with van der Waals surface area (Å²) >= 11 is 0. The first-order valence-electron chi connectivity index (χ1n) is 7.55. The Bertz CT molecular complexity index is 968. The van der Waals surface area contributed by atoms with Gasteiger partial charge in [0.15, 0.2) is 5.82 Å². The van der Waals surface area contributed by atoms with E-state index in [4.69, 9.17) is 0 Å². The number of nitrogens with zero attached hydrogens (tertiary/aromatic N) is 4. The molecule has 0 radical (unpaired) electrons. The van der Waals surface area contributed by atoms with Crippen molar-refractivity contribution in [2.24, 2.45) is 0 Å². The molecule has 0 aliphatic rings. The first kappa shape index (κ1) is 17.6. The number of alkyl halides is 3. The van der Waals surface area contributed by atoms with Gasteiger partial charge in [-0.3, -0.25) is 4.79 Å². The number of amides is 1. The molecule has 0 bridgehead atoms. The number of fused-ring (bicyclic) bond motifs is 1. The Morgan fingerprint density at radius 1 is 1.23 bits per heavy atom. The number of nitrogens with one attached hydrogen (secondary N) is 1. The predicted molar refractivity (Wildman–Crippen MR) is 85.7 cm³/mol. The molecule has 0 aliphatic carbocycles. The summed E-state index contributed by atoms with van der Waals surface area (Å²) in [5, 5.41) is 6.70. The molecule has 2 heterocycles. The molecule has 3 rings (SSSR count). The van der Waals surface area contributed by atoms with Gasteiger partial charge in [-0.15, -0.1) is 18.3 Å². The van der Waals surface area contributed by atoms with Gasteiger partial charge in [-0.25, -0.2) is 9.50 Å². The van der Waals surface area contributed by atoms with E-state index in [9.17, 15) is 18.0 Å². The molecule has 1 amide bonds. The summed E-state index contributed by atoms with van der Waals surface area (Å²) in [4.78, 5) is 20.5. The summed E-state index contributed by atoms with van der Waals surface area (Å²) < 4.78 is 42.1. The number of carbonyl (C=O) groups is 1. The molecule has 0 saturated carbocycles. The Labute approximate surface area is 145 Å². The molecule has 0 atom stereocenters. The number of hydrogen-bond donors (Lipinski definition) is 1. The van der Waals surface area contributed by atoms with Crippen molar-refractivity contribution in [1.29, 1.82) is 0 Å². The highest BCUT2D eigenvalue weighted by atomic mass is 19.4. The fraction of sp³-hybridized carbons (Fsp3) is 0.250. The highest BCUT2D eigenvalue weighted by molar-refractivity contribution is 5.92. The standard InChI is InChI=1S/C16H14F3N5O2/c1-9-6-10(2)24-15(20-9)22-13(23-24)8-14(25)21-11-4-3-5-12(7-11)26-16(17,18)19/h3-7H,8H2,1-2H3,(H,21,25). The molecule has 0 fully saturated rings. The average Bonchev–Trinajstić information content (AvgIpc) is 2.88. The molecule has 1 N–H and O–H groups in total. The van der Waals surface area contributed by atoms with E-state index >= 15 is 0 Å². The van der Waals surface area contributed by atoms with E-state index in [1.165, 1.54) is 16.6 Å². The Morgan fingerprint density at radius 2 is 2.00 bits per heavy atom. The van der Waals surface area contributed by atoms with Crippen LogP contribution in [0.5, 0.6) is 5.75 Å². The summed E-state index contributed by atoms with van der Waals surface area (Å²) in [5.41, 5.74) is 1.77. The highest BCUT2D eigenvalue weighted by Crippen LogP contribution is 2.25. The molecule has 0 unspecified atom stereocenters. The second-order valence-electron chi connectivity index (χ2n) is 5.58. The van der Waals surface area contributed by atoms with Crippen molar-refractivity contribution >= 4 is 17.4 Å². The van der Waals surface area contributed by atoms with Crippen molar-refractivity contribution < 1.29 is 22.7 Å². The van der Waals surface area contributed by atoms with Crippen molar-refractivity contribution in [2.75, 3.05) is 5.32 Å². The van der Waals surface area contributed by atoms with E-state index in [2.05, 4.69) is 25.1 Å². The topological polar surface area (TPSA) is 81.4 Å². The summed E-state index contributed by atoms with van der Waals surface area (Å²) in [5.74, 6) is -0.256. The van der Waals surface area contributed by atoms with Crippen molar-refractivity contribution in [3.05, 3.63) is 47.5 Å². The lowest BCUT2D eigenvalue weighted by Crippen LogP contribution is -2.18. The van der Waals surface area contributed by atoms with Crippen LogP contribution >= 0.6 is 0 Å². The SMILES string of the molecule is Cc1cc(C)n2nc(CC(=O)Nc3cccc(OC(F)(F)F)c3)nc2n1. The minimum atomic E-state index is -4.80. The lowest BCUT2D eigenvalue weighted by molar-refractivity contribution is -0.274. The molecular formula is C16H14F3N5O2. The lowest BCUT2D eigenvalue weighted by Gasteiger charge is -2.10. The van der Waals surface area contributed by atoms with Gasteiger partial charge >= 0.3 is 6.36 Å². The Hall–Kier alpha value is -3.17. The van der Waals surface area contributed by atoms with Gasteiger partial charge in [0.05, 0.1) is 6.42 Å². The quantitative estimate of drug-likeness (QED) is 0.769. The van der Waals surface area contributed by atoms with Crippen molar-refractivity contribution in [2.45, 2.75) is 26.6 Å². The Kier molecular flexibility index (Phi) is 4.49. The molecule has 26 heavy (non-hydrogen) atoms. The van der Waals surface area contributed by atoms with Crippen LogP contribution < -0.4 is 10.1 Å². The first-order chi connectivity index (χ1) is 12.2. The number of rotatable bonds is 4. The van der Waals surface area contributed by atoms with Gasteiger partial charge in [-0.1, -0.05) is 6.07 Å². The van der Waals surface area contributed by atoms with Crippen LogP contribution in [0.25, 0.3) is 5.78 Å². The van der Waals surface area contributed by atoms with Crippen LogP contribution in [0.3, 0.4) is 0 Å². The van der Waals surface area contributed by atoms with Crippen LogP contribution in [0.2, 0.25) is 0 Å². The van der Waals surface area contributed by atoms with Crippen molar-refractivity contribution in [3.8, 4) is 5.75 Å². The van der Waals surface area contributed by atoms with E-state index in [0.717, 1.165) is 23.5 Å². The van der Waals surface area contributed by atoms with Crippen LogP contribution in [0.4, 0.5) is 18.9 Å². The van der Waals surface area contributed by atoms with E-state index < -0.39 is 18.0 Å². The number of ether oxygens (including phenoxy) is 1. The predicted octanol–water partition coefficient (Wildman–Crippen LogP) is 2.82. The molecule has 3 aromatic rings. The lowest BCUT2D eigenvalue weighted by atomic mass is 10.3. The number of aryl methyl sites for hydroxylation is 2. The summed E-state index contributed by atoms with van der Waals surface area (Å²) in [7, 11) is 0. The van der Waals surface area contributed by atoms with Crippen molar-refractivity contribution in [1.82, 2.24) is 19.6 Å². The zero-order chi connectivity index (χ0) is 18.9.